The molecule has 0 saturated carbocycles. The summed E-state index contributed by atoms with van der Waals surface area (Å²) in [5.74, 6) is 1.22. The molecule has 1 aliphatic rings. The lowest BCUT2D eigenvalue weighted by Gasteiger charge is -2.22. The molecule has 112 valence electrons. The molecule has 0 radical (unpaired) electrons. The third kappa shape index (κ3) is 2.36. The number of benzene rings is 2. The zero-order chi connectivity index (χ0) is 15.8. The van der Waals surface area contributed by atoms with Crippen LogP contribution in [0.2, 0.25) is 0 Å². The molecule has 1 aromatic heterocycles. The SMILES string of the molecule is C=CC(=O)Oc1ccc2c(c1)Nc1nc3ccccc3nc1N2. The molecular weight excluding hydrogens is 292 g/mol. The molecule has 4 rings (SSSR count). The lowest BCUT2D eigenvalue weighted by molar-refractivity contribution is -0.128. The Labute approximate surface area is 131 Å². The molecule has 0 atom stereocenters. The second kappa shape index (κ2) is 5.10. The van der Waals surface area contributed by atoms with Gasteiger partial charge in [0.05, 0.1) is 22.4 Å². The van der Waals surface area contributed by atoms with Crippen LogP contribution in [-0.2, 0) is 4.79 Å². The molecule has 23 heavy (non-hydrogen) atoms. The zero-order valence-electron chi connectivity index (χ0n) is 12.0. The van der Waals surface area contributed by atoms with E-state index < -0.39 is 5.97 Å². The van der Waals surface area contributed by atoms with Crippen LogP contribution in [0.3, 0.4) is 0 Å². The summed E-state index contributed by atoms with van der Waals surface area (Å²) >= 11 is 0. The fourth-order valence-corrected chi connectivity index (χ4v) is 2.39. The number of carbonyl (C=O) groups excluding carboxylic acids is 1. The lowest BCUT2D eigenvalue weighted by Crippen LogP contribution is -2.10. The molecule has 0 bridgehead atoms. The van der Waals surface area contributed by atoms with Crippen LogP contribution in [0.25, 0.3) is 11.0 Å². The van der Waals surface area contributed by atoms with Gasteiger partial charge in [-0.3, -0.25) is 0 Å². The molecule has 1 aliphatic heterocycles. The molecule has 2 aromatic carbocycles. The largest absolute Gasteiger partial charge is 0.423 e. The van der Waals surface area contributed by atoms with E-state index in [2.05, 4.69) is 27.2 Å². The first kappa shape index (κ1) is 13.3. The number of para-hydroxylation sites is 2. The van der Waals surface area contributed by atoms with Crippen molar-refractivity contribution >= 4 is 40.0 Å². The molecule has 0 unspecified atom stereocenters. The van der Waals surface area contributed by atoms with Gasteiger partial charge >= 0.3 is 5.97 Å². The van der Waals surface area contributed by atoms with Gasteiger partial charge in [0.15, 0.2) is 11.6 Å². The quantitative estimate of drug-likeness (QED) is 0.335. The number of carbonyl (C=O) groups is 1. The fraction of sp³-hybridized carbons (Fsp3) is 0. The Kier molecular flexibility index (Phi) is 2.94. The zero-order valence-corrected chi connectivity index (χ0v) is 12.0. The van der Waals surface area contributed by atoms with Gasteiger partial charge in [-0.15, -0.1) is 0 Å². The van der Waals surface area contributed by atoms with Gasteiger partial charge in [-0.05, 0) is 24.3 Å². The maximum absolute atomic E-state index is 11.3. The first-order chi connectivity index (χ1) is 11.2. The van der Waals surface area contributed by atoms with E-state index >= 15 is 0 Å². The molecule has 6 nitrogen and oxygen atoms in total. The smallest absolute Gasteiger partial charge is 0.335 e. The molecule has 0 fully saturated rings. The maximum atomic E-state index is 11.3. The Balaban J connectivity index is 1.72. The van der Waals surface area contributed by atoms with Crippen LogP contribution in [0, 0.1) is 0 Å². The van der Waals surface area contributed by atoms with Gasteiger partial charge in [0, 0.05) is 12.1 Å². The summed E-state index contributed by atoms with van der Waals surface area (Å²) in [7, 11) is 0. The molecule has 6 heteroatoms. The molecule has 2 heterocycles. The standard InChI is InChI=1S/C17H12N4O2/c1-2-15(22)23-10-7-8-13-14(9-10)21-17-16(20-13)18-11-5-3-4-6-12(11)19-17/h2-9H,1H2,(H,18,20)(H,19,21). The number of anilines is 4. The van der Waals surface area contributed by atoms with E-state index in [-0.39, 0.29) is 0 Å². The van der Waals surface area contributed by atoms with Crippen molar-refractivity contribution in [1.29, 1.82) is 0 Å². The van der Waals surface area contributed by atoms with Crippen molar-refractivity contribution in [3.8, 4) is 5.75 Å². The van der Waals surface area contributed by atoms with Crippen molar-refractivity contribution in [2.45, 2.75) is 0 Å². The van der Waals surface area contributed by atoms with Crippen molar-refractivity contribution < 1.29 is 9.53 Å². The van der Waals surface area contributed by atoms with Crippen LogP contribution in [-0.4, -0.2) is 15.9 Å². The Hall–Kier alpha value is -3.41. The first-order valence-corrected chi connectivity index (χ1v) is 7.02. The first-order valence-electron chi connectivity index (χ1n) is 7.02. The second-order valence-electron chi connectivity index (χ2n) is 4.99. The number of hydrogen-bond donors (Lipinski definition) is 2. The van der Waals surface area contributed by atoms with Crippen LogP contribution < -0.4 is 15.4 Å². The van der Waals surface area contributed by atoms with Gasteiger partial charge in [0.25, 0.3) is 0 Å². The van der Waals surface area contributed by atoms with E-state index in [0.717, 1.165) is 28.5 Å². The monoisotopic (exact) mass is 304 g/mol. The molecule has 0 spiro atoms. The van der Waals surface area contributed by atoms with Crippen LogP contribution >= 0.6 is 0 Å². The molecular formula is C17H12N4O2. The van der Waals surface area contributed by atoms with Crippen LogP contribution in [0.5, 0.6) is 5.75 Å². The maximum Gasteiger partial charge on any atom is 0.335 e. The minimum atomic E-state index is -0.500. The van der Waals surface area contributed by atoms with Crippen molar-refractivity contribution in [3.63, 3.8) is 0 Å². The van der Waals surface area contributed by atoms with Gasteiger partial charge in [-0.1, -0.05) is 18.7 Å². The van der Waals surface area contributed by atoms with E-state index in [1.54, 1.807) is 12.1 Å². The number of hydrogen-bond acceptors (Lipinski definition) is 6. The average Bonchev–Trinajstić information content (AvgIpc) is 2.58. The van der Waals surface area contributed by atoms with Gasteiger partial charge in [-0.25, -0.2) is 14.8 Å². The normalized spacial score (nSPS) is 11.7. The number of aromatic nitrogens is 2. The number of ether oxygens (including phenoxy) is 1. The minimum absolute atomic E-state index is 0.431. The van der Waals surface area contributed by atoms with Crippen LogP contribution in [0.4, 0.5) is 23.0 Å². The summed E-state index contributed by atoms with van der Waals surface area (Å²) in [5, 5.41) is 6.44. The lowest BCUT2D eigenvalue weighted by atomic mass is 10.2. The number of fused-ring (bicyclic) bond motifs is 3. The van der Waals surface area contributed by atoms with E-state index in [1.807, 2.05) is 30.3 Å². The fourth-order valence-electron chi connectivity index (χ4n) is 2.39. The molecule has 0 amide bonds. The molecule has 3 aromatic rings. The van der Waals surface area contributed by atoms with Gasteiger partial charge < -0.3 is 15.4 Å². The number of nitrogens with zero attached hydrogens (tertiary/aromatic N) is 2. The summed E-state index contributed by atoms with van der Waals surface area (Å²) in [6, 6.07) is 12.9. The highest BCUT2D eigenvalue weighted by Crippen LogP contribution is 2.38. The predicted molar refractivity (Wildman–Crippen MR) is 88.4 cm³/mol. The van der Waals surface area contributed by atoms with Crippen molar-refractivity contribution in [3.05, 3.63) is 55.1 Å². The van der Waals surface area contributed by atoms with Crippen LogP contribution in [0.1, 0.15) is 0 Å². The third-order valence-electron chi connectivity index (χ3n) is 3.45. The topological polar surface area (TPSA) is 76.1 Å². The summed E-state index contributed by atoms with van der Waals surface area (Å²) in [6.45, 7) is 3.38. The Bertz CT molecular complexity index is 952. The molecule has 0 saturated heterocycles. The Morgan fingerprint density at radius 3 is 2.30 bits per heavy atom. The number of nitrogens with one attached hydrogen (secondary N) is 2. The minimum Gasteiger partial charge on any atom is -0.423 e. The van der Waals surface area contributed by atoms with E-state index in [4.69, 9.17) is 4.74 Å². The Morgan fingerprint density at radius 1 is 1.00 bits per heavy atom. The van der Waals surface area contributed by atoms with Crippen molar-refractivity contribution in [2.75, 3.05) is 10.6 Å². The predicted octanol–water partition coefficient (Wildman–Crippen LogP) is 3.52. The average molecular weight is 304 g/mol. The van der Waals surface area contributed by atoms with E-state index in [1.165, 1.54) is 0 Å². The van der Waals surface area contributed by atoms with Crippen molar-refractivity contribution in [1.82, 2.24) is 9.97 Å². The second-order valence-corrected chi connectivity index (χ2v) is 4.99. The van der Waals surface area contributed by atoms with Gasteiger partial charge in [0.2, 0.25) is 0 Å². The van der Waals surface area contributed by atoms with Crippen LogP contribution in [0.15, 0.2) is 55.1 Å². The molecule has 2 N–H and O–H groups in total. The highest BCUT2D eigenvalue weighted by Gasteiger charge is 2.18. The van der Waals surface area contributed by atoms with Gasteiger partial charge in [-0.2, -0.15) is 0 Å². The summed E-state index contributed by atoms with van der Waals surface area (Å²) in [5.41, 5.74) is 3.22. The van der Waals surface area contributed by atoms with Gasteiger partial charge in [0.1, 0.15) is 5.75 Å². The summed E-state index contributed by atoms with van der Waals surface area (Å²) < 4.78 is 5.13. The highest BCUT2D eigenvalue weighted by atomic mass is 16.5. The number of rotatable bonds is 2. The summed E-state index contributed by atoms with van der Waals surface area (Å²) in [4.78, 5) is 20.4. The van der Waals surface area contributed by atoms with E-state index in [0.29, 0.717) is 17.4 Å². The molecule has 0 aliphatic carbocycles. The highest BCUT2D eigenvalue weighted by molar-refractivity contribution is 5.91. The van der Waals surface area contributed by atoms with E-state index in [9.17, 15) is 4.79 Å². The van der Waals surface area contributed by atoms with Crippen molar-refractivity contribution in [2.24, 2.45) is 0 Å². The number of esters is 1. The summed E-state index contributed by atoms with van der Waals surface area (Å²) in [6.07, 6.45) is 1.12. The Morgan fingerprint density at radius 2 is 1.65 bits per heavy atom. The third-order valence-corrected chi connectivity index (χ3v) is 3.45.